The zero-order valence-electron chi connectivity index (χ0n) is 16.8. The SMILES string of the molecule is CCCOc1c(Cl)cc(C(=O)NC2CCN(C(=O)OCC)CC2)cc1OCC. The number of nitrogens with one attached hydrogen (secondary N) is 1. The van der Waals surface area contributed by atoms with Crippen molar-refractivity contribution in [2.24, 2.45) is 0 Å². The van der Waals surface area contributed by atoms with Crippen molar-refractivity contribution in [2.45, 2.75) is 46.1 Å². The van der Waals surface area contributed by atoms with E-state index in [-0.39, 0.29) is 18.0 Å². The maximum absolute atomic E-state index is 12.7. The lowest BCUT2D eigenvalue weighted by Gasteiger charge is -2.31. The molecule has 0 radical (unpaired) electrons. The molecule has 7 nitrogen and oxygen atoms in total. The quantitative estimate of drug-likeness (QED) is 0.701. The van der Waals surface area contributed by atoms with Crippen LogP contribution in [0.2, 0.25) is 5.02 Å². The molecule has 28 heavy (non-hydrogen) atoms. The van der Waals surface area contributed by atoms with Gasteiger partial charge in [0.15, 0.2) is 11.5 Å². The van der Waals surface area contributed by atoms with Crippen molar-refractivity contribution in [2.75, 3.05) is 32.9 Å². The first-order valence-electron chi connectivity index (χ1n) is 9.81. The smallest absolute Gasteiger partial charge is 0.409 e. The topological polar surface area (TPSA) is 77.1 Å². The van der Waals surface area contributed by atoms with Crippen LogP contribution in [0.15, 0.2) is 12.1 Å². The van der Waals surface area contributed by atoms with Gasteiger partial charge in [-0.05, 0) is 45.2 Å². The van der Waals surface area contributed by atoms with Crippen LogP contribution in [0.4, 0.5) is 4.79 Å². The summed E-state index contributed by atoms with van der Waals surface area (Å²) in [5.74, 6) is 0.704. The van der Waals surface area contributed by atoms with E-state index in [1.54, 1.807) is 24.0 Å². The summed E-state index contributed by atoms with van der Waals surface area (Å²) in [6.45, 7) is 8.07. The molecule has 0 saturated carbocycles. The van der Waals surface area contributed by atoms with E-state index < -0.39 is 0 Å². The van der Waals surface area contributed by atoms with E-state index in [0.717, 1.165) is 6.42 Å². The zero-order valence-corrected chi connectivity index (χ0v) is 17.5. The summed E-state index contributed by atoms with van der Waals surface area (Å²) in [6, 6.07) is 3.24. The Morgan fingerprint density at radius 3 is 2.46 bits per heavy atom. The van der Waals surface area contributed by atoms with E-state index in [9.17, 15) is 9.59 Å². The van der Waals surface area contributed by atoms with Gasteiger partial charge in [-0.3, -0.25) is 4.79 Å². The maximum Gasteiger partial charge on any atom is 0.409 e. The number of carbonyl (C=O) groups excluding carboxylic acids is 2. The number of rotatable bonds is 8. The van der Waals surface area contributed by atoms with E-state index in [4.69, 9.17) is 25.8 Å². The lowest BCUT2D eigenvalue weighted by molar-refractivity contribution is 0.0859. The summed E-state index contributed by atoms with van der Waals surface area (Å²) in [6.07, 6.45) is 1.89. The Hall–Kier alpha value is -2.15. The molecule has 2 rings (SSSR count). The van der Waals surface area contributed by atoms with Crippen LogP contribution in [0.3, 0.4) is 0 Å². The molecular weight excluding hydrogens is 384 g/mol. The van der Waals surface area contributed by atoms with Crippen LogP contribution < -0.4 is 14.8 Å². The summed E-state index contributed by atoms with van der Waals surface area (Å²) < 4.78 is 16.3. The summed E-state index contributed by atoms with van der Waals surface area (Å²) >= 11 is 6.33. The van der Waals surface area contributed by atoms with Gasteiger partial charge in [0.1, 0.15) is 0 Å². The van der Waals surface area contributed by atoms with Crippen molar-refractivity contribution < 1.29 is 23.8 Å². The third-order valence-corrected chi connectivity index (χ3v) is 4.66. The second kappa shape index (κ2) is 11.0. The standard InChI is InChI=1S/C20H29ClN2O5/c1-4-11-28-18-16(21)12-14(13-17(18)26-5-2)19(24)22-15-7-9-23(10-8-15)20(25)27-6-3/h12-13,15H,4-11H2,1-3H3,(H,22,24). The van der Waals surface area contributed by atoms with Crippen molar-refractivity contribution >= 4 is 23.6 Å². The molecule has 1 aliphatic rings. The second-order valence-corrected chi connectivity index (χ2v) is 6.91. The highest BCUT2D eigenvalue weighted by atomic mass is 35.5. The largest absolute Gasteiger partial charge is 0.490 e. The minimum atomic E-state index is -0.303. The van der Waals surface area contributed by atoms with Crippen LogP contribution in [-0.4, -0.2) is 55.9 Å². The Morgan fingerprint density at radius 1 is 1.14 bits per heavy atom. The van der Waals surface area contributed by atoms with Gasteiger partial charge in [-0.15, -0.1) is 0 Å². The Bertz CT molecular complexity index is 675. The van der Waals surface area contributed by atoms with E-state index in [1.165, 1.54) is 0 Å². The molecule has 1 N–H and O–H groups in total. The molecule has 2 amide bonds. The molecule has 0 bridgehead atoms. The van der Waals surface area contributed by atoms with Crippen LogP contribution in [0, 0.1) is 0 Å². The number of ether oxygens (including phenoxy) is 3. The molecule has 0 aromatic heterocycles. The summed E-state index contributed by atoms with van der Waals surface area (Å²) in [4.78, 5) is 26.1. The van der Waals surface area contributed by atoms with Crippen molar-refractivity contribution in [1.29, 1.82) is 0 Å². The van der Waals surface area contributed by atoms with Gasteiger partial charge in [0.25, 0.3) is 5.91 Å². The number of nitrogens with zero attached hydrogens (tertiary/aromatic N) is 1. The average molecular weight is 413 g/mol. The van der Waals surface area contributed by atoms with Gasteiger partial charge in [0.2, 0.25) is 0 Å². The third-order valence-electron chi connectivity index (χ3n) is 4.38. The monoisotopic (exact) mass is 412 g/mol. The number of piperidine rings is 1. The zero-order chi connectivity index (χ0) is 20.5. The number of carbonyl (C=O) groups is 2. The minimum absolute atomic E-state index is 0.0106. The van der Waals surface area contributed by atoms with Crippen molar-refractivity contribution in [3.05, 3.63) is 22.7 Å². The molecule has 1 aromatic carbocycles. The van der Waals surface area contributed by atoms with Gasteiger partial charge in [-0.1, -0.05) is 18.5 Å². The van der Waals surface area contributed by atoms with Crippen LogP contribution in [0.1, 0.15) is 50.4 Å². The lowest BCUT2D eigenvalue weighted by Crippen LogP contribution is -2.46. The van der Waals surface area contributed by atoms with E-state index in [0.29, 0.717) is 67.8 Å². The molecule has 0 atom stereocenters. The molecule has 1 aromatic rings. The van der Waals surface area contributed by atoms with Gasteiger partial charge < -0.3 is 24.4 Å². The highest BCUT2D eigenvalue weighted by Crippen LogP contribution is 2.37. The maximum atomic E-state index is 12.7. The average Bonchev–Trinajstić information content (AvgIpc) is 2.68. The Morgan fingerprint density at radius 2 is 1.86 bits per heavy atom. The second-order valence-electron chi connectivity index (χ2n) is 6.50. The van der Waals surface area contributed by atoms with E-state index in [1.807, 2.05) is 13.8 Å². The highest BCUT2D eigenvalue weighted by molar-refractivity contribution is 6.32. The van der Waals surface area contributed by atoms with Crippen LogP contribution in [0.25, 0.3) is 0 Å². The fourth-order valence-corrected chi connectivity index (χ4v) is 3.26. The van der Waals surface area contributed by atoms with E-state index in [2.05, 4.69) is 5.32 Å². The summed E-state index contributed by atoms with van der Waals surface area (Å²) in [5.41, 5.74) is 0.421. The van der Waals surface area contributed by atoms with Gasteiger partial charge >= 0.3 is 6.09 Å². The fourth-order valence-electron chi connectivity index (χ4n) is 3.00. The number of hydrogen-bond donors (Lipinski definition) is 1. The molecule has 1 fully saturated rings. The Kier molecular flexibility index (Phi) is 8.70. The first-order chi connectivity index (χ1) is 13.5. The van der Waals surface area contributed by atoms with Gasteiger partial charge in [0, 0.05) is 24.7 Å². The molecule has 0 aliphatic carbocycles. The van der Waals surface area contributed by atoms with E-state index >= 15 is 0 Å². The number of benzene rings is 1. The van der Waals surface area contributed by atoms with Crippen LogP contribution >= 0.6 is 11.6 Å². The number of likely N-dealkylation sites (tertiary alicyclic amines) is 1. The summed E-state index contributed by atoms with van der Waals surface area (Å²) in [5, 5.41) is 3.36. The Balaban J connectivity index is 2.01. The van der Waals surface area contributed by atoms with Gasteiger partial charge in [-0.25, -0.2) is 4.79 Å². The number of halogens is 1. The van der Waals surface area contributed by atoms with Crippen molar-refractivity contribution in [1.82, 2.24) is 10.2 Å². The number of hydrogen-bond acceptors (Lipinski definition) is 5. The summed E-state index contributed by atoms with van der Waals surface area (Å²) in [7, 11) is 0. The highest BCUT2D eigenvalue weighted by Gasteiger charge is 2.25. The van der Waals surface area contributed by atoms with Crippen LogP contribution in [0.5, 0.6) is 11.5 Å². The Labute approximate surface area is 171 Å². The molecule has 1 saturated heterocycles. The molecule has 1 heterocycles. The first-order valence-corrected chi connectivity index (χ1v) is 10.2. The molecule has 1 aliphatic heterocycles. The van der Waals surface area contributed by atoms with Gasteiger partial charge in [0.05, 0.1) is 24.8 Å². The molecule has 8 heteroatoms. The molecular formula is C20H29ClN2O5. The number of amides is 2. The van der Waals surface area contributed by atoms with Crippen molar-refractivity contribution in [3.63, 3.8) is 0 Å². The fraction of sp³-hybridized carbons (Fsp3) is 0.600. The third kappa shape index (κ3) is 5.92. The first kappa shape index (κ1) is 22.1. The van der Waals surface area contributed by atoms with Gasteiger partial charge in [-0.2, -0.15) is 0 Å². The lowest BCUT2D eigenvalue weighted by atomic mass is 10.0. The van der Waals surface area contributed by atoms with Crippen LogP contribution in [-0.2, 0) is 4.74 Å². The molecule has 0 unspecified atom stereocenters. The normalized spacial score (nSPS) is 14.5. The molecule has 0 spiro atoms. The molecule has 156 valence electrons. The predicted octanol–water partition coefficient (Wildman–Crippen LogP) is 3.88. The van der Waals surface area contributed by atoms with Crippen molar-refractivity contribution in [3.8, 4) is 11.5 Å². The minimum Gasteiger partial charge on any atom is -0.490 e. The predicted molar refractivity (Wildman–Crippen MR) is 107 cm³/mol.